The van der Waals surface area contributed by atoms with Crippen molar-refractivity contribution in [2.75, 3.05) is 19.6 Å². The van der Waals surface area contributed by atoms with Gasteiger partial charge in [-0.2, -0.15) is 0 Å². The molecule has 0 aromatic heterocycles. The molecule has 112 valence electrons. The maximum Gasteiger partial charge on any atom is 0.123 e. The highest BCUT2D eigenvalue weighted by molar-refractivity contribution is 5.19. The Hall–Kier alpha value is -0.930. The fraction of sp³-hybridized carbons (Fsp3) is 0.647. The Morgan fingerprint density at radius 1 is 1.30 bits per heavy atom. The van der Waals surface area contributed by atoms with Gasteiger partial charge in [-0.1, -0.05) is 19.1 Å². The molecule has 2 nitrogen and oxygen atoms in total. The van der Waals surface area contributed by atoms with E-state index < -0.39 is 0 Å². The van der Waals surface area contributed by atoms with Crippen molar-refractivity contribution in [3.8, 4) is 0 Å². The largest absolute Gasteiger partial charge is 0.307 e. The minimum absolute atomic E-state index is 0.167. The first-order valence-electron chi connectivity index (χ1n) is 7.84. The maximum atomic E-state index is 13.0. The van der Waals surface area contributed by atoms with Crippen LogP contribution in [-0.2, 0) is 0 Å². The summed E-state index contributed by atoms with van der Waals surface area (Å²) in [5, 5.41) is 3.68. The molecular formula is C17H27FN2. The molecule has 0 aliphatic carbocycles. The summed E-state index contributed by atoms with van der Waals surface area (Å²) in [6, 6.07) is 7.58. The van der Waals surface area contributed by atoms with Crippen molar-refractivity contribution in [1.29, 1.82) is 0 Å². The first-order valence-corrected chi connectivity index (χ1v) is 7.84. The third-order valence-electron chi connectivity index (χ3n) is 4.58. The molecule has 1 heterocycles. The summed E-state index contributed by atoms with van der Waals surface area (Å²) in [6.07, 6.45) is 2.61. The first kappa shape index (κ1) is 15.5. The molecule has 3 heteroatoms. The van der Waals surface area contributed by atoms with Gasteiger partial charge in [-0.05, 0) is 63.4 Å². The van der Waals surface area contributed by atoms with Crippen LogP contribution in [0.1, 0.15) is 45.2 Å². The third-order valence-corrected chi connectivity index (χ3v) is 4.58. The number of hydrogen-bond acceptors (Lipinski definition) is 2. The molecule has 20 heavy (non-hydrogen) atoms. The van der Waals surface area contributed by atoms with Crippen LogP contribution in [0, 0.1) is 11.7 Å². The van der Waals surface area contributed by atoms with E-state index in [0.29, 0.717) is 12.0 Å². The van der Waals surface area contributed by atoms with E-state index in [1.165, 1.54) is 38.1 Å². The number of benzene rings is 1. The van der Waals surface area contributed by atoms with Crippen molar-refractivity contribution < 1.29 is 4.39 Å². The van der Waals surface area contributed by atoms with E-state index in [4.69, 9.17) is 0 Å². The molecule has 0 spiro atoms. The lowest BCUT2D eigenvalue weighted by Crippen LogP contribution is -2.44. The van der Waals surface area contributed by atoms with E-state index >= 15 is 0 Å². The molecule has 1 N–H and O–H groups in total. The molecule has 3 unspecified atom stereocenters. The van der Waals surface area contributed by atoms with E-state index in [1.54, 1.807) is 0 Å². The SMILES string of the molecule is CCN1CCCC(C(C)NC(C)c2ccc(F)cc2)C1. The van der Waals surface area contributed by atoms with Crippen molar-refractivity contribution in [2.24, 2.45) is 5.92 Å². The van der Waals surface area contributed by atoms with Gasteiger partial charge in [0.1, 0.15) is 5.82 Å². The highest BCUT2D eigenvalue weighted by Gasteiger charge is 2.24. The molecule has 2 rings (SSSR count). The monoisotopic (exact) mass is 278 g/mol. The number of rotatable bonds is 5. The summed E-state index contributed by atoms with van der Waals surface area (Å²) in [7, 11) is 0. The van der Waals surface area contributed by atoms with E-state index in [0.717, 1.165) is 12.1 Å². The molecule has 1 aromatic rings. The number of halogens is 1. The number of nitrogens with zero attached hydrogens (tertiary/aromatic N) is 1. The second-order valence-corrected chi connectivity index (χ2v) is 6.02. The average molecular weight is 278 g/mol. The summed E-state index contributed by atoms with van der Waals surface area (Å²) < 4.78 is 13.0. The first-order chi connectivity index (χ1) is 9.60. The minimum Gasteiger partial charge on any atom is -0.307 e. The minimum atomic E-state index is -0.167. The van der Waals surface area contributed by atoms with Crippen molar-refractivity contribution >= 4 is 0 Å². The lowest BCUT2D eigenvalue weighted by molar-refractivity contribution is 0.153. The predicted molar refractivity (Wildman–Crippen MR) is 82.3 cm³/mol. The predicted octanol–water partition coefficient (Wildman–Crippen LogP) is 3.60. The third kappa shape index (κ3) is 4.03. The van der Waals surface area contributed by atoms with Gasteiger partial charge in [0, 0.05) is 18.6 Å². The highest BCUT2D eigenvalue weighted by Crippen LogP contribution is 2.22. The Morgan fingerprint density at radius 2 is 2.00 bits per heavy atom. The van der Waals surface area contributed by atoms with Crippen LogP contribution in [0.15, 0.2) is 24.3 Å². The van der Waals surface area contributed by atoms with Gasteiger partial charge in [-0.15, -0.1) is 0 Å². The van der Waals surface area contributed by atoms with Crippen molar-refractivity contribution in [1.82, 2.24) is 10.2 Å². The lowest BCUT2D eigenvalue weighted by atomic mass is 9.90. The Balaban J connectivity index is 1.89. The van der Waals surface area contributed by atoms with Crippen LogP contribution in [0.3, 0.4) is 0 Å². The standard InChI is InChI=1S/C17H27FN2/c1-4-20-11-5-6-16(12-20)14(3)19-13(2)15-7-9-17(18)10-8-15/h7-10,13-14,16,19H,4-6,11-12H2,1-3H3. The van der Waals surface area contributed by atoms with Gasteiger partial charge in [-0.25, -0.2) is 4.39 Å². The van der Waals surface area contributed by atoms with E-state index in [9.17, 15) is 4.39 Å². The zero-order valence-electron chi connectivity index (χ0n) is 12.9. The fourth-order valence-electron chi connectivity index (χ4n) is 3.16. The molecule has 1 aromatic carbocycles. The van der Waals surface area contributed by atoms with E-state index in [1.807, 2.05) is 12.1 Å². The van der Waals surface area contributed by atoms with Gasteiger partial charge >= 0.3 is 0 Å². The van der Waals surface area contributed by atoms with Gasteiger partial charge in [0.05, 0.1) is 0 Å². The normalized spacial score (nSPS) is 23.5. The van der Waals surface area contributed by atoms with Crippen LogP contribution in [-0.4, -0.2) is 30.6 Å². The van der Waals surface area contributed by atoms with Crippen molar-refractivity contribution in [2.45, 2.75) is 45.7 Å². The summed E-state index contributed by atoms with van der Waals surface area (Å²) in [5.41, 5.74) is 1.15. The van der Waals surface area contributed by atoms with Crippen LogP contribution in [0.2, 0.25) is 0 Å². The Kier molecular flexibility index (Phi) is 5.55. The lowest BCUT2D eigenvalue weighted by Gasteiger charge is -2.36. The zero-order chi connectivity index (χ0) is 14.5. The average Bonchev–Trinajstić information content (AvgIpc) is 2.47. The number of piperidine rings is 1. The second kappa shape index (κ2) is 7.19. The van der Waals surface area contributed by atoms with Crippen LogP contribution >= 0.6 is 0 Å². The summed E-state index contributed by atoms with van der Waals surface area (Å²) in [4.78, 5) is 2.54. The molecule has 1 fully saturated rings. The second-order valence-electron chi connectivity index (χ2n) is 6.02. The molecule has 1 aliphatic heterocycles. The maximum absolute atomic E-state index is 13.0. The molecule has 1 aliphatic rings. The Morgan fingerprint density at radius 3 is 2.65 bits per heavy atom. The zero-order valence-corrected chi connectivity index (χ0v) is 12.9. The van der Waals surface area contributed by atoms with Crippen LogP contribution in [0.25, 0.3) is 0 Å². The van der Waals surface area contributed by atoms with Crippen LogP contribution in [0.5, 0.6) is 0 Å². The van der Waals surface area contributed by atoms with Crippen LogP contribution < -0.4 is 5.32 Å². The molecule has 0 bridgehead atoms. The van der Waals surface area contributed by atoms with E-state index in [2.05, 4.69) is 31.0 Å². The Labute approximate surface area is 122 Å². The molecular weight excluding hydrogens is 251 g/mol. The summed E-state index contributed by atoms with van der Waals surface area (Å²) >= 11 is 0. The fourth-order valence-corrected chi connectivity index (χ4v) is 3.16. The Bertz CT molecular complexity index is 404. The molecule has 3 atom stereocenters. The smallest absolute Gasteiger partial charge is 0.123 e. The molecule has 0 saturated carbocycles. The number of likely N-dealkylation sites (tertiary alicyclic amines) is 1. The summed E-state index contributed by atoms with van der Waals surface area (Å²) in [6.45, 7) is 10.3. The van der Waals surface area contributed by atoms with Crippen molar-refractivity contribution in [3.05, 3.63) is 35.6 Å². The van der Waals surface area contributed by atoms with Gasteiger partial charge in [-0.3, -0.25) is 0 Å². The number of nitrogens with one attached hydrogen (secondary N) is 1. The highest BCUT2D eigenvalue weighted by atomic mass is 19.1. The number of hydrogen-bond donors (Lipinski definition) is 1. The molecule has 0 radical (unpaired) electrons. The quantitative estimate of drug-likeness (QED) is 0.885. The van der Waals surface area contributed by atoms with Gasteiger partial charge in [0.2, 0.25) is 0 Å². The van der Waals surface area contributed by atoms with Crippen LogP contribution in [0.4, 0.5) is 4.39 Å². The molecule has 0 amide bonds. The van der Waals surface area contributed by atoms with Crippen molar-refractivity contribution in [3.63, 3.8) is 0 Å². The molecule has 1 saturated heterocycles. The van der Waals surface area contributed by atoms with Gasteiger partial charge in [0.15, 0.2) is 0 Å². The topological polar surface area (TPSA) is 15.3 Å². The summed E-state index contributed by atoms with van der Waals surface area (Å²) in [5.74, 6) is 0.548. The van der Waals surface area contributed by atoms with Gasteiger partial charge < -0.3 is 10.2 Å². The van der Waals surface area contributed by atoms with Gasteiger partial charge in [0.25, 0.3) is 0 Å². The van der Waals surface area contributed by atoms with E-state index in [-0.39, 0.29) is 11.9 Å².